The molecule has 0 saturated carbocycles. The molecule has 2 amide bonds. The molecule has 37 heavy (non-hydrogen) atoms. The maximum absolute atomic E-state index is 13.5. The number of allylic oxidation sites excluding steroid dienone is 2. The molecule has 184 valence electrons. The molecular weight excluding hydrogens is 467 g/mol. The summed E-state index contributed by atoms with van der Waals surface area (Å²) in [5, 5.41) is 3.33. The Labute approximate surface area is 213 Å². The van der Waals surface area contributed by atoms with Crippen molar-refractivity contribution >= 4 is 22.8 Å². The number of carbonyl (C=O) groups excluding carboxylic acids is 2. The van der Waals surface area contributed by atoms with E-state index in [2.05, 4.69) is 23.5 Å². The van der Waals surface area contributed by atoms with E-state index in [1.165, 1.54) is 12.1 Å². The number of hydrogen-bond acceptors (Lipinski definition) is 3. The lowest BCUT2D eigenvalue weighted by molar-refractivity contribution is 0.0754. The van der Waals surface area contributed by atoms with Crippen LogP contribution in [0.15, 0.2) is 95.5 Å². The highest BCUT2D eigenvalue weighted by Gasteiger charge is 2.35. The maximum atomic E-state index is 13.5. The van der Waals surface area contributed by atoms with E-state index in [-0.39, 0.29) is 23.7 Å². The minimum Gasteiger partial charge on any atom is -0.455 e. The predicted octanol–water partition coefficient (Wildman–Crippen LogP) is 6.22. The summed E-state index contributed by atoms with van der Waals surface area (Å²) < 4.78 is 19.6. The second kappa shape index (κ2) is 9.21. The summed E-state index contributed by atoms with van der Waals surface area (Å²) in [5.41, 5.74) is 3.91. The maximum Gasteiger partial charge on any atom is 0.255 e. The van der Waals surface area contributed by atoms with Gasteiger partial charge in [0.15, 0.2) is 0 Å². The summed E-state index contributed by atoms with van der Waals surface area (Å²) in [6.45, 7) is 0.732. The van der Waals surface area contributed by atoms with Crippen LogP contribution in [-0.4, -0.2) is 36.3 Å². The highest BCUT2D eigenvalue weighted by molar-refractivity contribution is 6.11. The van der Waals surface area contributed by atoms with Crippen molar-refractivity contribution in [2.75, 3.05) is 13.6 Å². The lowest BCUT2D eigenvalue weighted by Crippen LogP contribution is -2.36. The molecule has 2 aliphatic rings. The summed E-state index contributed by atoms with van der Waals surface area (Å²) in [5.74, 6) is 0.117. The van der Waals surface area contributed by atoms with Gasteiger partial charge < -0.3 is 14.6 Å². The topological polar surface area (TPSA) is 62.6 Å². The molecule has 0 bridgehead atoms. The van der Waals surface area contributed by atoms with E-state index in [4.69, 9.17) is 4.42 Å². The number of benzene rings is 3. The Morgan fingerprint density at radius 3 is 2.51 bits per heavy atom. The van der Waals surface area contributed by atoms with E-state index in [9.17, 15) is 14.0 Å². The third kappa shape index (κ3) is 4.04. The van der Waals surface area contributed by atoms with E-state index < -0.39 is 0 Å². The smallest absolute Gasteiger partial charge is 0.255 e. The minimum atomic E-state index is -0.363. The van der Waals surface area contributed by atoms with E-state index >= 15 is 0 Å². The number of halogens is 1. The lowest BCUT2D eigenvalue weighted by Gasteiger charge is -2.26. The Morgan fingerprint density at radius 2 is 1.70 bits per heavy atom. The summed E-state index contributed by atoms with van der Waals surface area (Å²) in [7, 11) is 1.56. The molecule has 3 aromatic carbocycles. The van der Waals surface area contributed by atoms with Crippen molar-refractivity contribution in [3.63, 3.8) is 0 Å². The number of amides is 2. The van der Waals surface area contributed by atoms with Crippen LogP contribution in [-0.2, 0) is 0 Å². The molecule has 6 rings (SSSR count). The average molecular weight is 493 g/mol. The monoisotopic (exact) mass is 492 g/mol. The van der Waals surface area contributed by atoms with Crippen LogP contribution in [0.5, 0.6) is 0 Å². The fraction of sp³-hybridized carbons (Fsp3) is 0.161. The summed E-state index contributed by atoms with van der Waals surface area (Å²) in [4.78, 5) is 28.3. The quantitative estimate of drug-likeness (QED) is 0.368. The standard InChI is InChI=1S/C31H25FN2O3/c1-33-30(35)28-25-18-22(11-14-27(25)37-29(28)20-9-12-24(32)13-10-20)21-6-4-7-23(17-21)31(36)34-16-15-19-5-2-3-8-26(19)34/h2-14,17-19,26H,15-16H2,1H3,(H,33,35). The number of furan rings is 1. The van der Waals surface area contributed by atoms with Gasteiger partial charge in [-0.2, -0.15) is 0 Å². The van der Waals surface area contributed by atoms with Gasteiger partial charge in [-0.25, -0.2) is 4.39 Å². The molecular formula is C31H25FN2O3. The molecule has 1 saturated heterocycles. The molecule has 1 aromatic heterocycles. The zero-order chi connectivity index (χ0) is 25.5. The van der Waals surface area contributed by atoms with Crippen molar-refractivity contribution in [1.29, 1.82) is 0 Å². The molecule has 1 aliphatic carbocycles. The third-order valence-corrected chi connectivity index (χ3v) is 7.23. The van der Waals surface area contributed by atoms with Crippen LogP contribution in [0.1, 0.15) is 27.1 Å². The van der Waals surface area contributed by atoms with Crippen LogP contribution >= 0.6 is 0 Å². The first-order valence-corrected chi connectivity index (χ1v) is 12.3. The van der Waals surface area contributed by atoms with Gasteiger partial charge in [0.25, 0.3) is 11.8 Å². The molecule has 1 fully saturated rings. The number of hydrogen-bond donors (Lipinski definition) is 1. The van der Waals surface area contributed by atoms with Crippen molar-refractivity contribution in [3.05, 3.63) is 108 Å². The van der Waals surface area contributed by atoms with Crippen molar-refractivity contribution < 1.29 is 18.4 Å². The van der Waals surface area contributed by atoms with Crippen LogP contribution in [0.3, 0.4) is 0 Å². The molecule has 2 heterocycles. The zero-order valence-electron chi connectivity index (χ0n) is 20.3. The largest absolute Gasteiger partial charge is 0.455 e. The van der Waals surface area contributed by atoms with Crippen molar-refractivity contribution in [3.8, 4) is 22.5 Å². The molecule has 1 aliphatic heterocycles. The SMILES string of the molecule is CNC(=O)c1c(-c2ccc(F)cc2)oc2ccc(-c3cccc(C(=O)N4CCC5C=CC=CC54)c3)cc12. The average Bonchev–Trinajstić information content (AvgIpc) is 3.54. The first kappa shape index (κ1) is 23.0. The highest BCUT2D eigenvalue weighted by atomic mass is 19.1. The summed E-state index contributed by atoms with van der Waals surface area (Å²) in [6.07, 6.45) is 9.31. The number of fused-ring (bicyclic) bond motifs is 2. The van der Waals surface area contributed by atoms with Crippen LogP contribution in [0.2, 0.25) is 0 Å². The molecule has 0 spiro atoms. The molecule has 1 N–H and O–H groups in total. The third-order valence-electron chi connectivity index (χ3n) is 7.23. The number of rotatable bonds is 4. The Morgan fingerprint density at radius 1 is 0.946 bits per heavy atom. The molecule has 0 radical (unpaired) electrons. The first-order chi connectivity index (χ1) is 18.0. The normalized spacial score (nSPS) is 18.3. The van der Waals surface area contributed by atoms with E-state index in [0.717, 1.165) is 24.1 Å². The number of likely N-dealkylation sites (tertiary alicyclic amines) is 1. The van der Waals surface area contributed by atoms with Gasteiger partial charge in [0.1, 0.15) is 17.2 Å². The molecule has 4 aromatic rings. The minimum absolute atomic E-state index is 0.0170. The molecule has 6 heteroatoms. The molecule has 5 nitrogen and oxygen atoms in total. The molecule has 2 unspecified atom stereocenters. The lowest BCUT2D eigenvalue weighted by atomic mass is 9.95. The van der Waals surface area contributed by atoms with Gasteiger partial charge in [0, 0.05) is 36.0 Å². The fourth-order valence-electron chi connectivity index (χ4n) is 5.35. The number of nitrogens with one attached hydrogen (secondary N) is 1. The highest BCUT2D eigenvalue weighted by Crippen LogP contribution is 2.37. The van der Waals surface area contributed by atoms with Gasteiger partial charge >= 0.3 is 0 Å². The van der Waals surface area contributed by atoms with Gasteiger partial charge in [-0.3, -0.25) is 9.59 Å². The van der Waals surface area contributed by atoms with Gasteiger partial charge in [0.2, 0.25) is 0 Å². The van der Waals surface area contributed by atoms with Crippen molar-refractivity contribution in [2.45, 2.75) is 12.5 Å². The Hall–Kier alpha value is -4.45. The van der Waals surface area contributed by atoms with Crippen LogP contribution in [0.4, 0.5) is 4.39 Å². The van der Waals surface area contributed by atoms with Gasteiger partial charge in [-0.15, -0.1) is 0 Å². The summed E-state index contributed by atoms with van der Waals surface area (Å²) in [6, 6.07) is 19.2. The fourth-order valence-corrected chi connectivity index (χ4v) is 5.35. The van der Waals surface area contributed by atoms with Crippen LogP contribution in [0.25, 0.3) is 33.4 Å². The van der Waals surface area contributed by atoms with Gasteiger partial charge in [-0.05, 0) is 66.1 Å². The van der Waals surface area contributed by atoms with Crippen molar-refractivity contribution in [2.24, 2.45) is 5.92 Å². The van der Waals surface area contributed by atoms with E-state index in [1.807, 2.05) is 53.4 Å². The van der Waals surface area contributed by atoms with Crippen LogP contribution < -0.4 is 5.32 Å². The Balaban J connectivity index is 1.39. The predicted molar refractivity (Wildman–Crippen MR) is 142 cm³/mol. The second-order valence-electron chi connectivity index (χ2n) is 9.40. The zero-order valence-corrected chi connectivity index (χ0v) is 20.3. The van der Waals surface area contributed by atoms with Gasteiger partial charge in [0.05, 0.1) is 11.6 Å². The Bertz CT molecular complexity index is 1580. The van der Waals surface area contributed by atoms with E-state index in [1.54, 1.807) is 19.2 Å². The molecule has 2 atom stereocenters. The van der Waals surface area contributed by atoms with Crippen molar-refractivity contribution in [1.82, 2.24) is 10.2 Å². The summed E-state index contributed by atoms with van der Waals surface area (Å²) >= 11 is 0. The first-order valence-electron chi connectivity index (χ1n) is 12.3. The van der Waals surface area contributed by atoms with Crippen LogP contribution in [0, 0.1) is 11.7 Å². The second-order valence-corrected chi connectivity index (χ2v) is 9.40. The van der Waals surface area contributed by atoms with Gasteiger partial charge in [-0.1, -0.05) is 42.5 Å². The number of carbonyl (C=O) groups is 2. The Kier molecular flexibility index (Phi) is 5.72. The number of nitrogens with zero attached hydrogens (tertiary/aromatic N) is 1. The van der Waals surface area contributed by atoms with E-state index in [0.29, 0.717) is 39.3 Å².